The summed E-state index contributed by atoms with van der Waals surface area (Å²) >= 11 is 0. The van der Waals surface area contributed by atoms with E-state index in [1.165, 1.54) is 16.7 Å². The minimum atomic E-state index is 0.992. The highest BCUT2D eigenvalue weighted by Gasteiger charge is 2.03. The highest BCUT2D eigenvalue weighted by Crippen LogP contribution is 2.27. The molecule has 0 atom stereocenters. The maximum Gasteiger partial charge on any atom is 0.0702 e. The van der Waals surface area contributed by atoms with Gasteiger partial charge in [-0.3, -0.25) is 9.97 Å². The first-order chi connectivity index (χ1) is 11.9. The van der Waals surface area contributed by atoms with Crippen LogP contribution in [0.3, 0.4) is 0 Å². The molecule has 24 heavy (non-hydrogen) atoms. The van der Waals surface area contributed by atoms with E-state index >= 15 is 0 Å². The fourth-order valence-corrected chi connectivity index (χ4v) is 2.78. The molecule has 0 bridgehead atoms. The van der Waals surface area contributed by atoms with Gasteiger partial charge in [0.1, 0.15) is 0 Å². The maximum absolute atomic E-state index is 4.43. The van der Waals surface area contributed by atoms with Gasteiger partial charge in [-0.15, -0.1) is 0 Å². The lowest BCUT2D eigenvalue weighted by molar-refractivity contribution is 1.33. The molecule has 114 valence electrons. The molecule has 0 fully saturated rings. The number of benzene rings is 2. The highest BCUT2D eigenvalue weighted by molar-refractivity contribution is 5.73. The predicted molar refractivity (Wildman–Crippen MR) is 98.3 cm³/mol. The maximum atomic E-state index is 4.43. The van der Waals surface area contributed by atoms with E-state index in [-0.39, 0.29) is 0 Å². The average molecular weight is 308 g/mol. The van der Waals surface area contributed by atoms with Crippen molar-refractivity contribution >= 4 is 0 Å². The molecule has 0 spiro atoms. The summed E-state index contributed by atoms with van der Waals surface area (Å²) in [4.78, 5) is 8.61. The van der Waals surface area contributed by atoms with Crippen LogP contribution in [0.25, 0.3) is 33.5 Å². The second-order valence-corrected chi connectivity index (χ2v) is 5.61. The highest BCUT2D eigenvalue weighted by atomic mass is 14.7. The molecule has 0 unspecified atom stereocenters. The van der Waals surface area contributed by atoms with Gasteiger partial charge in [0, 0.05) is 24.2 Å². The summed E-state index contributed by atoms with van der Waals surface area (Å²) in [5.74, 6) is 0. The van der Waals surface area contributed by atoms with Crippen molar-refractivity contribution in [2.24, 2.45) is 0 Å². The van der Waals surface area contributed by atoms with Crippen LogP contribution in [-0.4, -0.2) is 9.97 Å². The predicted octanol–water partition coefficient (Wildman–Crippen LogP) is 5.48. The summed E-state index contributed by atoms with van der Waals surface area (Å²) < 4.78 is 0. The Balaban J connectivity index is 1.67. The largest absolute Gasteiger partial charge is 0.264 e. The van der Waals surface area contributed by atoms with E-state index in [1.807, 2.05) is 36.7 Å². The van der Waals surface area contributed by atoms with Gasteiger partial charge >= 0.3 is 0 Å². The standard InChI is InChI=1S/C22H16N2/c1-2-14-24-22(8-1)20-6-3-5-19(15-20)17-9-11-18(12-10-17)21-7-4-13-23-16-21/h1-16H. The molecule has 0 radical (unpaired) electrons. The normalized spacial score (nSPS) is 10.5. The van der Waals surface area contributed by atoms with Gasteiger partial charge in [-0.2, -0.15) is 0 Å². The number of hydrogen-bond acceptors (Lipinski definition) is 2. The molecular weight excluding hydrogens is 292 g/mol. The lowest BCUT2D eigenvalue weighted by atomic mass is 9.99. The summed E-state index contributed by atoms with van der Waals surface area (Å²) in [6.45, 7) is 0. The van der Waals surface area contributed by atoms with Crippen LogP contribution in [0.1, 0.15) is 0 Å². The van der Waals surface area contributed by atoms with Gasteiger partial charge in [0.05, 0.1) is 5.69 Å². The fourth-order valence-electron chi connectivity index (χ4n) is 2.78. The van der Waals surface area contributed by atoms with Crippen LogP contribution in [0, 0.1) is 0 Å². The lowest BCUT2D eigenvalue weighted by Gasteiger charge is -2.07. The molecule has 0 saturated carbocycles. The van der Waals surface area contributed by atoms with Crippen LogP contribution in [0.2, 0.25) is 0 Å². The van der Waals surface area contributed by atoms with Crippen molar-refractivity contribution in [3.8, 4) is 33.5 Å². The average Bonchev–Trinajstić information content (AvgIpc) is 2.70. The number of hydrogen-bond donors (Lipinski definition) is 0. The van der Waals surface area contributed by atoms with Crippen LogP contribution in [0.4, 0.5) is 0 Å². The minimum absolute atomic E-state index is 0.992. The lowest BCUT2D eigenvalue weighted by Crippen LogP contribution is -1.84. The molecule has 0 aliphatic heterocycles. The van der Waals surface area contributed by atoms with Crippen LogP contribution >= 0.6 is 0 Å². The Morgan fingerprint density at radius 1 is 0.500 bits per heavy atom. The molecule has 0 N–H and O–H groups in total. The monoisotopic (exact) mass is 308 g/mol. The van der Waals surface area contributed by atoms with Gasteiger partial charge in [0.15, 0.2) is 0 Å². The minimum Gasteiger partial charge on any atom is -0.264 e. The third kappa shape index (κ3) is 2.95. The Hall–Kier alpha value is -3.26. The smallest absolute Gasteiger partial charge is 0.0702 e. The van der Waals surface area contributed by atoms with Crippen molar-refractivity contribution in [2.45, 2.75) is 0 Å². The Bertz CT molecular complexity index is 930. The fraction of sp³-hybridized carbons (Fsp3) is 0. The molecule has 2 aromatic carbocycles. The molecule has 0 aliphatic carbocycles. The Kier molecular flexibility index (Phi) is 3.86. The second kappa shape index (κ2) is 6.47. The van der Waals surface area contributed by atoms with Gasteiger partial charge in [-0.05, 0) is 46.5 Å². The van der Waals surface area contributed by atoms with Crippen LogP contribution < -0.4 is 0 Å². The van der Waals surface area contributed by atoms with Gasteiger partial charge in [-0.25, -0.2) is 0 Å². The molecular formula is C22H16N2. The number of aromatic nitrogens is 2. The topological polar surface area (TPSA) is 25.8 Å². The number of pyridine rings is 2. The molecule has 2 aromatic heterocycles. The number of nitrogens with zero attached hydrogens (tertiary/aromatic N) is 2. The first-order valence-electron chi connectivity index (χ1n) is 7.92. The van der Waals surface area contributed by atoms with E-state index in [1.54, 1.807) is 6.20 Å². The van der Waals surface area contributed by atoms with Crippen molar-refractivity contribution in [1.82, 2.24) is 9.97 Å². The van der Waals surface area contributed by atoms with Crippen LogP contribution in [-0.2, 0) is 0 Å². The zero-order valence-electron chi connectivity index (χ0n) is 13.1. The summed E-state index contributed by atoms with van der Waals surface area (Å²) in [6, 6.07) is 27.1. The summed E-state index contributed by atoms with van der Waals surface area (Å²) in [5, 5.41) is 0. The molecule has 4 aromatic rings. The van der Waals surface area contributed by atoms with E-state index in [0.717, 1.165) is 16.8 Å². The van der Waals surface area contributed by atoms with E-state index in [9.17, 15) is 0 Å². The molecule has 2 heteroatoms. The van der Waals surface area contributed by atoms with E-state index in [4.69, 9.17) is 0 Å². The molecule has 0 saturated heterocycles. The van der Waals surface area contributed by atoms with Crippen molar-refractivity contribution < 1.29 is 0 Å². The van der Waals surface area contributed by atoms with Crippen molar-refractivity contribution in [2.75, 3.05) is 0 Å². The molecule has 2 heterocycles. The summed E-state index contributed by atoms with van der Waals surface area (Å²) in [7, 11) is 0. The Morgan fingerprint density at radius 3 is 1.96 bits per heavy atom. The Labute approximate surface area is 141 Å². The first kappa shape index (κ1) is 14.3. The van der Waals surface area contributed by atoms with Gasteiger partial charge in [-0.1, -0.05) is 54.6 Å². The zero-order chi connectivity index (χ0) is 16.2. The van der Waals surface area contributed by atoms with E-state index in [0.29, 0.717) is 0 Å². The SMILES string of the molecule is c1ccc(-c2cccc(-c3ccc(-c4cccnc4)cc3)c2)nc1. The van der Waals surface area contributed by atoms with Crippen molar-refractivity contribution in [3.05, 3.63) is 97.5 Å². The summed E-state index contributed by atoms with van der Waals surface area (Å²) in [6.07, 6.45) is 5.50. The molecule has 0 aliphatic rings. The third-order valence-electron chi connectivity index (χ3n) is 4.04. The van der Waals surface area contributed by atoms with Gasteiger partial charge in [0.25, 0.3) is 0 Å². The third-order valence-corrected chi connectivity index (χ3v) is 4.04. The van der Waals surface area contributed by atoms with E-state index in [2.05, 4.69) is 64.6 Å². The van der Waals surface area contributed by atoms with Crippen LogP contribution in [0.5, 0.6) is 0 Å². The van der Waals surface area contributed by atoms with E-state index < -0.39 is 0 Å². The Morgan fingerprint density at radius 2 is 1.25 bits per heavy atom. The second-order valence-electron chi connectivity index (χ2n) is 5.61. The van der Waals surface area contributed by atoms with Gasteiger partial charge in [0.2, 0.25) is 0 Å². The summed E-state index contributed by atoms with van der Waals surface area (Å²) in [5.41, 5.74) is 6.81. The van der Waals surface area contributed by atoms with Crippen molar-refractivity contribution in [3.63, 3.8) is 0 Å². The molecule has 4 rings (SSSR count). The van der Waals surface area contributed by atoms with Gasteiger partial charge < -0.3 is 0 Å². The quantitative estimate of drug-likeness (QED) is 0.501. The molecule has 2 nitrogen and oxygen atoms in total. The number of rotatable bonds is 3. The molecule has 0 amide bonds. The van der Waals surface area contributed by atoms with Crippen molar-refractivity contribution in [1.29, 1.82) is 0 Å². The first-order valence-corrected chi connectivity index (χ1v) is 7.92. The van der Waals surface area contributed by atoms with Crippen LogP contribution in [0.15, 0.2) is 97.5 Å². The zero-order valence-corrected chi connectivity index (χ0v) is 13.1.